The Morgan fingerprint density at radius 1 is 1.25 bits per heavy atom. The van der Waals surface area contributed by atoms with Gasteiger partial charge in [-0.05, 0) is 39.8 Å². The number of carbonyl (C=O) groups is 1. The highest BCUT2D eigenvalue weighted by molar-refractivity contribution is 5.71. The molecule has 0 saturated heterocycles. The molecule has 1 rings (SSSR count). The van der Waals surface area contributed by atoms with Crippen LogP contribution in [0.25, 0.3) is 0 Å². The number of rotatable bonds is 5. The van der Waals surface area contributed by atoms with Gasteiger partial charge in [0.1, 0.15) is 5.69 Å². The van der Waals surface area contributed by atoms with Crippen LogP contribution in [0.2, 0.25) is 0 Å². The Balaban J connectivity index is 2.80. The third kappa shape index (κ3) is 3.42. The number of hydrogen-bond acceptors (Lipinski definition) is 3. The van der Waals surface area contributed by atoms with Crippen molar-refractivity contribution in [2.24, 2.45) is 0 Å². The summed E-state index contributed by atoms with van der Waals surface area (Å²) in [5, 5.41) is 0. The zero-order valence-electron chi connectivity index (χ0n) is 10.5. The van der Waals surface area contributed by atoms with E-state index in [4.69, 9.17) is 0 Å². The quantitative estimate of drug-likeness (QED) is 0.715. The lowest BCUT2D eigenvalue weighted by atomic mass is 10.2. The number of carbonyl (C=O) groups excluding carboxylic acids is 1. The van der Waals surface area contributed by atoms with Crippen LogP contribution in [0, 0.1) is 0 Å². The van der Waals surface area contributed by atoms with Crippen molar-refractivity contribution >= 4 is 6.29 Å². The third-order valence-electron chi connectivity index (χ3n) is 2.62. The van der Waals surface area contributed by atoms with E-state index >= 15 is 0 Å². The molecule has 1 heterocycles. The molecule has 0 aliphatic carbocycles. The van der Waals surface area contributed by atoms with E-state index in [-0.39, 0.29) is 0 Å². The maximum absolute atomic E-state index is 10.6. The number of aldehydes is 1. The summed E-state index contributed by atoms with van der Waals surface area (Å²) in [6, 6.07) is 6.52. The highest BCUT2D eigenvalue weighted by atomic mass is 16.1. The molecular weight excluding hydrogens is 200 g/mol. The summed E-state index contributed by atoms with van der Waals surface area (Å²) in [5.41, 5.74) is 1.46. The van der Waals surface area contributed by atoms with Gasteiger partial charge in [0.25, 0.3) is 0 Å². The lowest BCUT2D eigenvalue weighted by Crippen LogP contribution is -2.36. The van der Waals surface area contributed by atoms with Gasteiger partial charge in [0.05, 0.1) is 5.69 Å². The van der Waals surface area contributed by atoms with Gasteiger partial charge in [0.2, 0.25) is 0 Å². The maximum Gasteiger partial charge on any atom is 0.168 e. The van der Waals surface area contributed by atoms with Crippen molar-refractivity contribution in [2.45, 2.75) is 46.3 Å². The first-order valence-corrected chi connectivity index (χ1v) is 5.71. The topological polar surface area (TPSA) is 33.2 Å². The smallest absolute Gasteiger partial charge is 0.168 e. The van der Waals surface area contributed by atoms with E-state index in [1.54, 1.807) is 6.07 Å². The molecule has 16 heavy (non-hydrogen) atoms. The monoisotopic (exact) mass is 220 g/mol. The summed E-state index contributed by atoms with van der Waals surface area (Å²) in [6.07, 6.45) is 0.790. The number of pyridine rings is 1. The van der Waals surface area contributed by atoms with Crippen LogP contribution < -0.4 is 0 Å². The molecule has 0 fully saturated rings. The predicted octanol–water partition coefficient (Wildman–Crippen LogP) is 2.51. The second-order valence-corrected chi connectivity index (χ2v) is 4.53. The van der Waals surface area contributed by atoms with E-state index in [0.29, 0.717) is 17.8 Å². The Hall–Kier alpha value is -1.22. The minimum atomic E-state index is 0.474. The second-order valence-electron chi connectivity index (χ2n) is 4.53. The van der Waals surface area contributed by atoms with Crippen molar-refractivity contribution in [3.63, 3.8) is 0 Å². The van der Waals surface area contributed by atoms with Crippen molar-refractivity contribution in [2.75, 3.05) is 0 Å². The van der Waals surface area contributed by atoms with Crippen LogP contribution in [0.5, 0.6) is 0 Å². The molecular formula is C13H20N2O. The van der Waals surface area contributed by atoms with E-state index in [1.165, 1.54) is 0 Å². The standard InChI is InChI=1S/C13H20N2O/c1-10(2)15(11(3)4)8-12-6-5-7-13(9-16)14-12/h5-7,9-11H,8H2,1-4H3. The van der Waals surface area contributed by atoms with Gasteiger partial charge in [-0.2, -0.15) is 0 Å². The van der Waals surface area contributed by atoms with Gasteiger partial charge in [0.15, 0.2) is 6.29 Å². The van der Waals surface area contributed by atoms with E-state index in [1.807, 2.05) is 12.1 Å². The molecule has 0 unspecified atom stereocenters. The van der Waals surface area contributed by atoms with Crippen molar-refractivity contribution < 1.29 is 4.79 Å². The van der Waals surface area contributed by atoms with Crippen LogP contribution in [-0.4, -0.2) is 28.3 Å². The molecule has 3 heteroatoms. The van der Waals surface area contributed by atoms with E-state index in [0.717, 1.165) is 18.5 Å². The fourth-order valence-electron chi connectivity index (χ4n) is 1.80. The van der Waals surface area contributed by atoms with Crippen molar-refractivity contribution in [3.05, 3.63) is 29.6 Å². The van der Waals surface area contributed by atoms with Gasteiger partial charge in [-0.1, -0.05) is 6.07 Å². The number of hydrogen-bond donors (Lipinski definition) is 0. The molecule has 1 aromatic rings. The van der Waals surface area contributed by atoms with Crippen LogP contribution in [0.1, 0.15) is 43.9 Å². The number of nitrogens with zero attached hydrogens (tertiary/aromatic N) is 2. The molecule has 1 aromatic heterocycles. The second kappa shape index (κ2) is 5.75. The highest BCUT2D eigenvalue weighted by Gasteiger charge is 2.14. The zero-order chi connectivity index (χ0) is 12.1. The van der Waals surface area contributed by atoms with Crippen LogP contribution >= 0.6 is 0 Å². The molecule has 0 aliphatic rings. The highest BCUT2D eigenvalue weighted by Crippen LogP contribution is 2.10. The fraction of sp³-hybridized carbons (Fsp3) is 0.538. The first-order chi connectivity index (χ1) is 7.54. The Morgan fingerprint density at radius 3 is 2.38 bits per heavy atom. The summed E-state index contributed by atoms with van der Waals surface area (Å²) >= 11 is 0. The van der Waals surface area contributed by atoms with Crippen molar-refractivity contribution in [3.8, 4) is 0 Å². The Bertz CT molecular complexity index is 340. The van der Waals surface area contributed by atoms with Crippen molar-refractivity contribution in [1.82, 2.24) is 9.88 Å². The van der Waals surface area contributed by atoms with E-state index in [2.05, 4.69) is 37.6 Å². The molecule has 0 spiro atoms. The Morgan fingerprint density at radius 2 is 1.88 bits per heavy atom. The summed E-state index contributed by atoms with van der Waals surface area (Å²) in [5.74, 6) is 0. The molecule has 88 valence electrons. The first kappa shape index (κ1) is 12.8. The van der Waals surface area contributed by atoms with Crippen LogP contribution in [0.3, 0.4) is 0 Å². The Kier molecular flexibility index (Phi) is 4.62. The van der Waals surface area contributed by atoms with Gasteiger partial charge in [-0.25, -0.2) is 4.98 Å². The predicted molar refractivity (Wildman–Crippen MR) is 65.4 cm³/mol. The SMILES string of the molecule is CC(C)N(Cc1cccc(C=O)n1)C(C)C. The fourth-order valence-corrected chi connectivity index (χ4v) is 1.80. The molecule has 3 nitrogen and oxygen atoms in total. The van der Waals surface area contributed by atoms with Gasteiger partial charge in [-0.3, -0.25) is 9.69 Å². The van der Waals surface area contributed by atoms with Crippen LogP contribution in [0.15, 0.2) is 18.2 Å². The minimum Gasteiger partial charge on any atom is -0.296 e. The normalized spacial score (nSPS) is 11.4. The molecule has 0 saturated carbocycles. The summed E-state index contributed by atoms with van der Waals surface area (Å²) < 4.78 is 0. The molecule has 0 aromatic carbocycles. The van der Waals surface area contributed by atoms with E-state index in [9.17, 15) is 4.79 Å². The lowest BCUT2D eigenvalue weighted by molar-refractivity contribution is 0.111. The molecule has 0 aliphatic heterocycles. The van der Waals surface area contributed by atoms with Gasteiger partial charge in [0, 0.05) is 18.6 Å². The first-order valence-electron chi connectivity index (χ1n) is 5.71. The molecule has 0 N–H and O–H groups in total. The summed E-state index contributed by atoms with van der Waals surface area (Å²) in [7, 11) is 0. The van der Waals surface area contributed by atoms with Gasteiger partial charge >= 0.3 is 0 Å². The summed E-state index contributed by atoms with van der Waals surface area (Å²) in [6.45, 7) is 9.47. The van der Waals surface area contributed by atoms with Gasteiger partial charge < -0.3 is 0 Å². The van der Waals surface area contributed by atoms with Crippen LogP contribution in [-0.2, 0) is 6.54 Å². The number of aromatic nitrogens is 1. The maximum atomic E-state index is 10.6. The molecule has 0 bridgehead atoms. The van der Waals surface area contributed by atoms with Gasteiger partial charge in [-0.15, -0.1) is 0 Å². The molecule has 0 atom stereocenters. The summed E-state index contributed by atoms with van der Waals surface area (Å²) in [4.78, 5) is 17.3. The van der Waals surface area contributed by atoms with E-state index < -0.39 is 0 Å². The largest absolute Gasteiger partial charge is 0.296 e. The average Bonchev–Trinajstić information content (AvgIpc) is 2.25. The third-order valence-corrected chi connectivity index (χ3v) is 2.62. The van der Waals surface area contributed by atoms with Crippen molar-refractivity contribution in [1.29, 1.82) is 0 Å². The molecule has 0 radical (unpaired) electrons. The molecule has 0 amide bonds. The minimum absolute atomic E-state index is 0.474. The average molecular weight is 220 g/mol. The Labute approximate surface area is 97.5 Å². The zero-order valence-corrected chi connectivity index (χ0v) is 10.5. The lowest BCUT2D eigenvalue weighted by Gasteiger charge is -2.30. The van der Waals surface area contributed by atoms with Crippen LogP contribution in [0.4, 0.5) is 0 Å².